The van der Waals surface area contributed by atoms with E-state index in [0.717, 1.165) is 5.56 Å². The molecular weight excluding hydrogens is 363 g/mol. The van der Waals surface area contributed by atoms with Crippen LogP contribution in [0.1, 0.15) is 5.89 Å². The van der Waals surface area contributed by atoms with Gasteiger partial charge >= 0.3 is 0 Å². The predicted octanol–water partition coefficient (Wildman–Crippen LogP) is 3.80. The van der Waals surface area contributed by atoms with Crippen LogP contribution >= 0.6 is 23.2 Å². The van der Waals surface area contributed by atoms with Crippen LogP contribution in [0.15, 0.2) is 58.1 Å². The minimum absolute atomic E-state index is 0.130. The summed E-state index contributed by atoms with van der Waals surface area (Å²) in [7, 11) is 0. The molecule has 0 aliphatic rings. The van der Waals surface area contributed by atoms with Crippen molar-refractivity contribution in [1.82, 2.24) is 19.7 Å². The maximum absolute atomic E-state index is 12.5. The lowest BCUT2D eigenvalue weighted by molar-refractivity contribution is 0.369. The number of hydrogen-bond donors (Lipinski definition) is 0. The fourth-order valence-electron chi connectivity index (χ4n) is 2.43. The number of rotatable bonds is 3. The van der Waals surface area contributed by atoms with Gasteiger partial charge in [0, 0.05) is 15.6 Å². The lowest BCUT2D eigenvalue weighted by Crippen LogP contribution is -2.21. The van der Waals surface area contributed by atoms with Crippen molar-refractivity contribution in [2.45, 2.75) is 6.54 Å². The van der Waals surface area contributed by atoms with E-state index in [-0.39, 0.29) is 12.1 Å². The molecule has 0 aliphatic carbocycles. The molecule has 0 atom stereocenters. The summed E-state index contributed by atoms with van der Waals surface area (Å²) in [5.41, 5.74) is 1.12. The Labute approximate surface area is 151 Å². The van der Waals surface area contributed by atoms with Gasteiger partial charge in [-0.1, -0.05) is 28.4 Å². The molecule has 0 fully saturated rings. The van der Waals surface area contributed by atoms with Gasteiger partial charge in [0.2, 0.25) is 11.7 Å². The van der Waals surface area contributed by atoms with Gasteiger partial charge in [0.05, 0.1) is 17.2 Å². The molecule has 6 nitrogen and oxygen atoms in total. The third kappa shape index (κ3) is 3.14. The predicted molar refractivity (Wildman–Crippen MR) is 94.9 cm³/mol. The zero-order valence-electron chi connectivity index (χ0n) is 12.7. The standard InChI is InChI=1S/C17H10Cl2N4O2/c18-11-3-1-10(2-4-11)16-21-15(25-22-16)8-23-9-20-14-7-12(19)5-6-13(14)17(23)24/h1-7,9H,8H2. The van der Waals surface area contributed by atoms with Crippen LogP contribution in [-0.4, -0.2) is 19.7 Å². The summed E-state index contributed by atoms with van der Waals surface area (Å²) < 4.78 is 6.65. The zero-order valence-corrected chi connectivity index (χ0v) is 14.2. The van der Waals surface area contributed by atoms with Gasteiger partial charge in [-0.2, -0.15) is 4.98 Å². The molecule has 0 saturated carbocycles. The molecule has 0 bridgehead atoms. The van der Waals surface area contributed by atoms with Crippen molar-refractivity contribution >= 4 is 34.1 Å². The highest BCUT2D eigenvalue weighted by Crippen LogP contribution is 2.19. The zero-order chi connectivity index (χ0) is 17.4. The highest BCUT2D eigenvalue weighted by Gasteiger charge is 2.11. The fraction of sp³-hybridized carbons (Fsp3) is 0.0588. The number of fused-ring (bicyclic) bond motifs is 1. The average molecular weight is 373 g/mol. The molecule has 0 saturated heterocycles. The molecule has 2 aromatic heterocycles. The van der Waals surface area contributed by atoms with Crippen LogP contribution in [-0.2, 0) is 6.54 Å². The Kier molecular flexibility index (Phi) is 3.99. The molecule has 124 valence electrons. The lowest BCUT2D eigenvalue weighted by atomic mass is 10.2. The Bertz CT molecular complexity index is 1120. The Morgan fingerprint density at radius 1 is 1.04 bits per heavy atom. The molecule has 2 aromatic carbocycles. The maximum atomic E-state index is 12.5. The molecule has 0 radical (unpaired) electrons. The van der Waals surface area contributed by atoms with Crippen LogP contribution < -0.4 is 5.56 Å². The largest absolute Gasteiger partial charge is 0.337 e. The molecule has 4 rings (SSSR count). The molecule has 0 unspecified atom stereocenters. The maximum Gasteiger partial charge on any atom is 0.261 e. The second kappa shape index (κ2) is 6.31. The van der Waals surface area contributed by atoms with E-state index in [9.17, 15) is 4.79 Å². The van der Waals surface area contributed by atoms with Gasteiger partial charge in [-0.25, -0.2) is 4.98 Å². The van der Waals surface area contributed by atoms with Crippen LogP contribution in [0.5, 0.6) is 0 Å². The third-order valence-electron chi connectivity index (χ3n) is 3.66. The summed E-state index contributed by atoms with van der Waals surface area (Å²) in [4.78, 5) is 21.1. The van der Waals surface area contributed by atoms with Crippen molar-refractivity contribution in [3.05, 3.63) is 75.1 Å². The first-order valence-corrected chi connectivity index (χ1v) is 8.09. The quantitative estimate of drug-likeness (QED) is 0.546. The highest BCUT2D eigenvalue weighted by atomic mass is 35.5. The van der Waals surface area contributed by atoms with Gasteiger partial charge < -0.3 is 4.52 Å². The molecule has 8 heteroatoms. The summed E-state index contributed by atoms with van der Waals surface area (Å²) >= 11 is 11.8. The number of aromatic nitrogens is 4. The Balaban J connectivity index is 1.66. The van der Waals surface area contributed by atoms with Crippen molar-refractivity contribution < 1.29 is 4.52 Å². The van der Waals surface area contributed by atoms with Gasteiger partial charge in [0.25, 0.3) is 5.56 Å². The first-order chi connectivity index (χ1) is 12.1. The normalized spacial score (nSPS) is 11.1. The SMILES string of the molecule is O=c1c2ccc(Cl)cc2ncn1Cc1nc(-c2ccc(Cl)cc2)no1. The Morgan fingerprint density at radius 3 is 2.60 bits per heavy atom. The fourth-order valence-corrected chi connectivity index (χ4v) is 2.72. The van der Waals surface area contributed by atoms with Crippen LogP contribution in [0.25, 0.3) is 22.3 Å². The van der Waals surface area contributed by atoms with Gasteiger partial charge in [-0.05, 0) is 42.5 Å². The summed E-state index contributed by atoms with van der Waals surface area (Å²) in [5, 5.41) is 5.57. The smallest absolute Gasteiger partial charge is 0.261 e. The highest BCUT2D eigenvalue weighted by molar-refractivity contribution is 6.31. The van der Waals surface area contributed by atoms with Gasteiger partial charge in [-0.3, -0.25) is 9.36 Å². The summed E-state index contributed by atoms with van der Waals surface area (Å²) in [6.07, 6.45) is 1.44. The van der Waals surface area contributed by atoms with Gasteiger partial charge in [0.1, 0.15) is 6.54 Å². The average Bonchev–Trinajstić information content (AvgIpc) is 3.06. The Morgan fingerprint density at radius 2 is 1.80 bits per heavy atom. The van der Waals surface area contributed by atoms with Crippen molar-refractivity contribution in [3.63, 3.8) is 0 Å². The van der Waals surface area contributed by atoms with E-state index in [4.69, 9.17) is 27.7 Å². The van der Waals surface area contributed by atoms with Gasteiger partial charge in [-0.15, -0.1) is 0 Å². The second-order valence-electron chi connectivity index (χ2n) is 5.36. The van der Waals surface area contributed by atoms with Crippen LogP contribution in [0.4, 0.5) is 0 Å². The van der Waals surface area contributed by atoms with Crippen molar-refractivity contribution in [2.75, 3.05) is 0 Å². The lowest BCUT2D eigenvalue weighted by Gasteiger charge is -2.03. The molecule has 25 heavy (non-hydrogen) atoms. The third-order valence-corrected chi connectivity index (χ3v) is 4.15. The minimum Gasteiger partial charge on any atom is -0.337 e. The topological polar surface area (TPSA) is 73.8 Å². The number of hydrogen-bond acceptors (Lipinski definition) is 5. The second-order valence-corrected chi connectivity index (χ2v) is 6.23. The molecular formula is C17H10Cl2N4O2. The molecule has 2 heterocycles. The van der Waals surface area contributed by atoms with Crippen LogP contribution in [0, 0.1) is 0 Å². The molecule has 0 amide bonds. The summed E-state index contributed by atoms with van der Waals surface area (Å²) in [6.45, 7) is 0.130. The summed E-state index contributed by atoms with van der Waals surface area (Å²) in [6, 6.07) is 12.0. The molecule has 0 N–H and O–H groups in total. The Hall–Kier alpha value is -2.70. The van der Waals surface area contributed by atoms with Crippen molar-refractivity contribution in [3.8, 4) is 11.4 Å². The van der Waals surface area contributed by atoms with Crippen molar-refractivity contribution in [2.24, 2.45) is 0 Å². The number of halogens is 2. The minimum atomic E-state index is -0.201. The number of benzene rings is 2. The van der Waals surface area contributed by atoms with Crippen LogP contribution in [0.2, 0.25) is 10.0 Å². The van der Waals surface area contributed by atoms with Gasteiger partial charge in [0.15, 0.2) is 0 Å². The molecule has 0 aliphatic heterocycles. The van der Waals surface area contributed by atoms with Crippen LogP contribution in [0.3, 0.4) is 0 Å². The van der Waals surface area contributed by atoms with E-state index in [1.807, 2.05) is 0 Å². The first-order valence-electron chi connectivity index (χ1n) is 7.33. The molecule has 0 spiro atoms. The molecule has 4 aromatic rings. The van der Waals surface area contributed by atoms with E-state index in [2.05, 4.69) is 15.1 Å². The van der Waals surface area contributed by atoms with Crippen molar-refractivity contribution in [1.29, 1.82) is 0 Å². The first kappa shape index (κ1) is 15.8. The van der Waals surface area contributed by atoms with E-state index in [1.54, 1.807) is 42.5 Å². The van der Waals surface area contributed by atoms with E-state index in [1.165, 1.54) is 10.9 Å². The number of nitrogens with zero attached hydrogens (tertiary/aromatic N) is 4. The van der Waals surface area contributed by atoms with E-state index in [0.29, 0.717) is 32.7 Å². The van der Waals surface area contributed by atoms with E-state index >= 15 is 0 Å². The monoisotopic (exact) mass is 372 g/mol. The van der Waals surface area contributed by atoms with E-state index < -0.39 is 0 Å². The summed E-state index contributed by atoms with van der Waals surface area (Å²) in [5.74, 6) is 0.738.